The van der Waals surface area contributed by atoms with Crippen LogP contribution in [0.1, 0.15) is 34.8 Å². The lowest BCUT2D eigenvalue weighted by Gasteiger charge is -2.41. The second-order valence-electron chi connectivity index (χ2n) is 10.2. The zero-order valence-electron chi connectivity index (χ0n) is 22.1. The van der Waals surface area contributed by atoms with Gasteiger partial charge >= 0.3 is 5.97 Å². The monoisotopic (exact) mass is 538 g/mol. The molecule has 2 atom stereocenters. The number of halogens is 1. The third-order valence-electron chi connectivity index (χ3n) is 7.73. The fourth-order valence-corrected chi connectivity index (χ4v) is 6.00. The van der Waals surface area contributed by atoms with Gasteiger partial charge < -0.3 is 15.0 Å². The second-order valence-corrected chi connectivity index (χ2v) is 10.6. The summed E-state index contributed by atoms with van der Waals surface area (Å²) in [4.78, 5) is 23.6. The number of carbonyl (C=O) groups is 1. The molecular formula is C32H31ClN4O2. The number of anilines is 1. The van der Waals surface area contributed by atoms with Crippen molar-refractivity contribution in [2.45, 2.75) is 31.8 Å². The van der Waals surface area contributed by atoms with Crippen molar-refractivity contribution in [3.63, 3.8) is 0 Å². The lowest BCUT2D eigenvalue weighted by Crippen LogP contribution is -2.49. The number of nitrogens with zero attached hydrogens (tertiary/aromatic N) is 2. The van der Waals surface area contributed by atoms with E-state index in [9.17, 15) is 4.79 Å². The minimum absolute atomic E-state index is 0.0882. The molecule has 0 saturated carbocycles. The molecule has 2 aromatic heterocycles. The molecule has 6 nitrogen and oxygen atoms in total. The predicted octanol–water partition coefficient (Wildman–Crippen LogP) is 6.67. The van der Waals surface area contributed by atoms with E-state index in [2.05, 4.69) is 69.6 Å². The van der Waals surface area contributed by atoms with Crippen LogP contribution >= 0.6 is 11.6 Å². The van der Waals surface area contributed by atoms with Crippen molar-refractivity contribution in [2.24, 2.45) is 0 Å². The largest absolute Gasteiger partial charge is 0.468 e. The van der Waals surface area contributed by atoms with E-state index in [0.717, 1.165) is 52.9 Å². The highest BCUT2D eigenvalue weighted by atomic mass is 35.5. The Morgan fingerprint density at radius 2 is 1.92 bits per heavy atom. The maximum Gasteiger partial charge on any atom is 0.323 e. The van der Waals surface area contributed by atoms with Crippen LogP contribution in [0.3, 0.4) is 0 Å². The molecule has 3 aromatic carbocycles. The standard InChI is InChI=1S/C32H31ClN4O2/c1-20-8-10-21(11-9-20)31-30-25(23-6-3-4-7-27(23)36-30)19-29(32(38)39-2)37(31)17-5-15-34-26-14-16-35-28-18-22(33)12-13-24(26)28/h3-4,6-14,16,18,29,31,36H,5,15,17,19H2,1-2H3,(H,34,35)/t29-,31+/m1/s1. The molecule has 0 unspecified atom stereocenters. The van der Waals surface area contributed by atoms with Gasteiger partial charge in [-0.05, 0) is 54.8 Å². The molecule has 0 fully saturated rings. The van der Waals surface area contributed by atoms with Gasteiger partial charge in [-0.1, -0.05) is 59.6 Å². The molecule has 5 aromatic rings. The fourth-order valence-electron chi connectivity index (χ4n) is 5.84. The van der Waals surface area contributed by atoms with E-state index in [0.29, 0.717) is 11.4 Å². The lowest BCUT2D eigenvalue weighted by molar-refractivity contribution is -0.148. The Hall–Kier alpha value is -3.87. The van der Waals surface area contributed by atoms with Gasteiger partial charge in [-0.15, -0.1) is 0 Å². The van der Waals surface area contributed by atoms with Gasteiger partial charge in [-0.25, -0.2) is 0 Å². The van der Waals surface area contributed by atoms with Gasteiger partial charge in [0.15, 0.2) is 0 Å². The number of benzene rings is 3. The maximum absolute atomic E-state index is 13.2. The Bertz CT molecular complexity index is 1650. The average Bonchev–Trinajstić information content (AvgIpc) is 3.33. The first-order valence-corrected chi connectivity index (χ1v) is 13.7. The zero-order chi connectivity index (χ0) is 26.9. The molecule has 0 spiro atoms. The molecular weight excluding hydrogens is 508 g/mol. The van der Waals surface area contributed by atoms with Crippen LogP contribution in [-0.4, -0.2) is 47.1 Å². The van der Waals surface area contributed by atoms with Crippen LogP contribution in [0.2, 0.25) is 5.02 Å². The summed E-state index contributed by atoms with van der Waals surface area (Å²) in [6.07, 6.45) is 3.24. The Morgan fingerprint density at radius 3 is 2.74 bits per heavy atom. The molecule has 1 aliphatic heterocycles. The van der Waals surface area contributed by atoms with Crippen molar-refractivity contribution in [1.29, 1.82) is 0 Å². The smallest absolute Gasteiger partial charge is 0.323 e. The van der Waals surface area contributed by atoms with Crippen LogP contribution in [0.15, 0.2) is 79.0 Å². The summed E-state index contributed by atoms with van der Waals surface area (Å²) in [5.74, 6) is -0.201. The van der Waals surface area contributed by atoms with Crippen molar-refractivity contribution >= 4 is 45.1 Å². The Labute approximate surface area is 233 Å². The second kappa shape index (κ2) is 10.7. The lowest BCUT2D eigenvalue weighted by atomic mass is 9.87. The molecule has 0 aliphatic carbocycles. The molecule has 1 aliphatic rings. The van der Waals surface area contributed by atoms with E-state index in [1.54, 1.807) is 6.20 Å². The third kappa shape index (κ3) is 4.86. The third-order valence-corrected chi connectivity index (χ3v) is 7.96. The summed E-state index contributed by atoms with van der Waals surface area (Å²) in [5.41, 5.74) is 7.70. The van der Waals surface area contributed by atoms with Crippen molar-refractivity contribution in [3.8, 4) is 0 Å². The van der Waals surface area contributed by atoms with Crippen LogP contribution in [0.25, 0.3) is 21.8 Å². The summed E-state index contributed by atoms with van der Waals surface area (Å²) >= 11 is 6.16. The van der Waals surface area contributed by atoms with E-state index in [1.807, 2.05) is 30.3 Å². The van der Waals surface area contributed by atoms with E-state index >= 15 is 0 Å². The van der Waals surface area contributed by atoms with Gasteiger partial charge in [0, 0.05) is 58.4 Å². The normalized spacial score (nSPS) is 17.3. The number of hydrogen-bond acceptors (Lipinski definition) is 5. The van der Waals surface area contributed by atoms with Crippen LogP contribution in [0.4, 0.5) is 5.69 Å². The number of pyridine rings is 1. The number of para-hydroxylation sites is 1. The fraction of sp³-hybridized carbons (Fsp3) is 0.250. The maximum atomic E-state index is 13.2. The van der Waals surface area contributed by atoms with Gasteiger partial charge in [0.25, 0.3) is 0 Å². The molecule has 0 saturated heterocycles. The van der Waals surface area contributed by atoms with Crippen LogP contribution in [-0.2, 0) is 16.0 Å². The molecule has 0 amide bonds. The summed E-state index contributed by atoms with van der Waals surface area (Å²) < 4.78 is 5.34. The summed E-state index contributed by atoms with van der Waals surface area (Å²) in [6.45, 7) is 3.55. The van der Waals surface area contributed by atoms with Gasteiger partial charge in [-0.2, -0.15) is 0 Å². The minimum atomic E-state index is -0.378. The molecule has 39 heavy (non-hydrogen) atoms. The predicted molar refractivity (Wildman–Crippen MR) is 157 cm³/mol. The number of nitrogens with one attached hydrogen (secondary N) is 2. The van der Waals surface area contributed by atoms with Crippen LogP contribution in [0, 0.1) is 6.92 Å². The Kier molecular flexibility index (Phi) is 6.98. The highest BCUT2D eigenvalue weighted by molar-refractivity contribution is 6.31. The number of esters is 1. The molecule has 0 radical (unpaired) electrons. The highest BCUT2D eigenvalue weighted by Crippen LogP contribution is 2.41. The van der Waals surface area contributed by atoms with E-state index in [-0.39, 0.29) is 18.1 Å². The van der Waals surface area contributed by atoms with E-state index in [1.165, 1.54) is 23.6 Å². The van der Waals surface area contributed by atoms with Crippen LogP contribution < -0.4 is 5.32 Å². The number of rotatable bonds is 7. The first-order chi connectivity index (χ1) is 19.0. The molecule has 7 heteroatoms. The average molecular weight is 539 g/mol. The highest BCUT2D eigenvalue weighted by Gasteiger charge is 2.41. The molecule has 3 heterocycles. The number of ether oxygens (including phenoxy) is 1. The summed E-state index contributed by atoms with van der Waals surface area (Å²) in [7, 11) is 1.48. The first kappa shape index (κ1) is 25.4. The quantitative estimate of drug-likeness (QED) is 0.179. The number of aryl methyl sites for hydroxylation is 1. The number of aromatic amines is 1. The summed E-state index contributed by atoms with van der Waals surface area (Å²) in [6, 6.07) is 24.2. The number of aromatic nitrogens is 2. The van der Waals surface area contributed by atoms with Crippen molar-refractivity contribution in [2.75, 3.05) is 25.5 Å². The number of fused-ring (bicyclic) bond motifs is 4. The Balaban J connectivity index is 1.31. The van der Waals surface area contributed by atoms with Gasteiger partial charge in [0.05, 0.1) is 18.7 Å². The number of carbonyl (C=O) groups excluding carboxylic acids is 1. The van der Waals surface area contributed by atoms with Gasteiger partial charge in [0.1, 0.15) is 6.04 Å². The zero-order valence-corrected chi connectivity index (χ0v) is 22.8. The first-order valence-electron chi connectivity index (χ1n) is 13.3. The number of methoxy groups -OCH3 is 1. The SMILES string of the molecule is COC(=O)[C@H]1Cc2c([nH]c3ccccc23)[C@H](c2ccc(C)cc2)N1CCCNc1ccnc2cc(Cl)ccc12. The Morgan fingerprint density at radius 1 is 1.10 bits per heavy atom. The van der Waals surface area contributed by atoms with Crippen molar-refractivity contribution in [3.05, 3.63) is 106 Å². The van der Waals surface area contributed by atoms with Gasteiger partial charge in [0.2, 0.25) is 0 Å². The topological polar surface area (TPSA) is 70.2 Å². The van der Waals surface area contributed by atoms with Crippen LogP contribution in [0.5, 0.6) is 0 Å². The minimum Gasteiger partial charge on any atom is -0.468 e. The molecule has 0 bridgehead atoms. The van der Waals surface area contributed by atoms with Gasteiger partial charge in [-0.3, -0.25) is 14.7 Å². The number of hydrogen-bond donors (Lipinski definition) is 2. The number of H-pyrrole nitrogens is 1. The molecule has 6 rings (SSSR count). The molecule has 2 N–H and O–H groups in total. The molecule has 198 valence electrons. The van der Waals surface area contributed by atoms with Crippen molar-refractivity contribution in [1.82, 2.24) is 14.9 Å². The van der Waals surface area contributed by atoms with Crippen molar-refractivity contribution < 1.29 is 9.53 Å². The summed E-state index contributed by atoms with van der Waals surface area (Å²) in [5, 5.41) is 6.45. The van der Waals surface area contributed by atoms with E-state index in [4.69, 9.17) is 16.3 Å². The van der Waals surface area contributed by atoms with E-state index < -0.39 is 0 Å².